The van der Waals surface area contributed by atoms with Crippen LogP contribution >= 0.6 is 0 Å². The second kappa shape index (κ2) is 12.0. The first-order chi connectivity index (χ1) is 20.6. The second-order valence-electron chi connectivity index (χ2n) is 11.5. The van der Waals surface area contributed by atoms with E-state index in [0.29, 0.717) is 23.4 Å². The standard InChI is InChI=1S/C35H40N4O4/c1-8-22-20(6)28-17-32-23(9-2)19(5)27(37-32)16-29-21(7)24(11-12-33(40)41)35(39-29)25(14-34(42)43-10-3)30-13-18(4)26(36-30)15-31(22)38-28/h9,13,15-17,21,24,37-38H,2,8,10-12,14H2,1,3-7H3,(H,40,41)/t21-,24-/m0/s1. The first-order valence-electron chi connectivity index (χ1n) is 15.0. The Labute approximate surface area is 252 Å². The highest BCUT2D eigenvalue weighted by Gasteiger charge is 2.33. The molecule has 0 amide bonds. The van der Waals surface area contributed by atoms with Crippen LogP contribution in [0.4, 0.5) is 0 Å². The van der Waals surface area contributed by atoms with Crippen molar-refractivity contribution in [2.45, 2.75) is 79.1 Å². The lowest BCUT2D eigenvalue weighted by Gasteiger charge is -2.17. The van der Waals surface area contributed by atoms with Crippen LogP contribution in [0.1, 0.15) is 103 Å². The molecule has 0 fully saturated rings. The summed E-state index contributed by atoms with van der Waals surface area (Å²) in [6, 6.07) is 6.25. The Bertz CT molecular complexity index is 1820. The van der Waals surface area contributed by atoms with E-state index in [1.165, 1.54) is 11.1 Å². The topological polar surface area (TPSA) is 121 Å². The molecule has 5 heterocycles. The molecule has 0 aromatic carbocycles. The number of allylic oxidation sites excluding steroid dienone is 1. The smallest absolute Gasteiger partial charge is 0.310 e. The molecule has 0 aliphatic carbocycles. The van der Waals surface area contributed by atoms with Crippen LogP contribution < -0.4 is 0 Å². The van der Waals surface area contributed by atoms with Crippen LogP contribution in [0.5, 0.6) is 0 Å². The number of carbonyl (C=O) groups is 2. The number of hydrogen-bond acceptors (Lipinski definition) is 5. The third kappa shape index (κ3) is 5.66. The molecule has 0 saturated carbocycles. The van der Waals surface area contributed by atoms with Crippen LogP contribution in [0, 0.1) is 13.8 Å². The zero-order valence-electron chi connectivity index (χ0n) is 25.9. The van der Waals surface area contributed by atoms with Gasteiger partial charge in [-0.1, -0.05) is 26.5 Å². The van der Waals surface area contributed by atoms with Crippen molar-refractivity contribution in [3.05, 3.63) is 75.4 Å². The van der Waals surface area contributed by atoms with Crippen molar-refractivity contribution in [2.75, 3.05) is 6.61 Å². The first kappa shape index (κ1) is 30.0. The number of rotatable bonds is 8. The lowest BCUT2D eigenvalue weighted by atomic mass is 9.85. The number of aromatic amines is 2. The van der Waals surface area contributed by atoms with Gasteiger partial charge in [0.2, 0.25) is 0 Å². The number of hydrogen-bond donors (Lipinski definition) is 3. The van der Waals surface area contributed by atoms with Gasteiger partial charge in [-0.05, 0) is 87.1 Å². The molecule has 3 aromatic rings. The summed E-state index contributed by atoms with van der Waals surface area (Å²) in [7, 11) is 0. The maximum atomic E-state index is 12.9. The van der Waals surface area contributed by atoms with E-state index in [-0.39, 0.29) is 37.3 Å². The van der Waals surface area contributed by atoms with E-state index >= 15 is 0 Å². The zero-order valence-corrected chi connectivity index (χ0v) is 25.9. The van der Waals surface area contributed by atoms with Gasteiger partial charge < -0.3 is 19.8 Å². The summed E-state index contributed by atoms with van der Waals surface area (Å²) < 4.78 is 5.37. The monoisotopic (exact) mass is 580 g/mol. The Balaban J connectivity index is 1.95. The molecule has 3 aromatic heterocycles. The SMILES string of the molecule is C=Cc1c(C)c2cc3nc(c(CC(=O)OCC)c4nc(cc5[nH]c(cc1[nH]2)c(C)c5CC)C(C)=C4)[C@@H](CCC(=O)O)[C@@H]3C. The van der Waals surface area contributed by atoms with Gasteiger partial charge in [0.05, 0.1) is 30.1 Å². The van der Waals surface area contributed by atoms with Crippen LogP contribution in [0.2, 0.25) is 0 Å². The predicted octanol–water partition coefficient (Wildman–Crippen LogP) is 7.56. The Morgan fingerprint density at radius 1 is 1.00 bits per heavy atom. The normalized spacial score (nSPS) is 16.2. The van der Waals surface area contributed by atoms with Gasteiger partial charge in [-0.3, -0.25) is 14.6 Å². The fourth-order valence-corrected chi connectivity index (χ4v) is 6.39. The first-order valence-corrected chi connectivity index (χ1v) is 15.0. The molecule has 0 saturated heterocycles. The maximum Gasteiger partial charge on any atom is 0.310 e. The highest BCUT2D eigenvalue weighted by atomic mass is 16.5. The summed E-state index contributed by atoms with van der Waals surface area (Å²) in [5.41, 5.74) is 13.0. The van der Waals surface area contributed by atoms with E-state index in [9.17, 15) is 14.7 Å². The Hall–Kier alpha value is -4.46. The Morgan fingerprint density at radius 2 is 1.72 bits per heavy atom. The van der Waals surface area contributed by atoms with E-state index in [0.717, 1.165) is 56.6 Å². The number of nitrogens with one attached hydrogen (secondary N) is 2. The molecule has 2 aliphatic heterocycles. The molecule has 3 N–H and O–H groups in total. The van der Waals surface area contributed by atoms with E-state index < -0.39 is 5.97 Å². The lowest BCUT2D eigenvalue weighted by molar-refractivity contribution is -0.142. The largest absolute Gasteiger partial charge is 0.481 e. The van der Waals surface area contributed by atoms with E-state index in [1.807, 2.05) is 25.1 Å². The van der Waals surface area contributed by atoms with Gasteiger partial charge in [0, 0.05) is 57.1 Å². The average Bonchev–Trinajstić information content (AvgIpc) is 3.65. The van der Waals surface area contributed by atoms with Crippen molar-refractivity contribution in [3.63, 3.8) is 0 Å². The zero-order chi connectivity index (χ0) is 31.0. The summed E-state index contributed by atoms with van der Waals surface area (Å²) in [5.74, 6) is -1.51. The fraction of sp³-hybridized carbons (Fsp3) is 0.371. The molecule has 0 spiro atoms. The molecule has 0 radical (unpaired) electrons. The minimum atomic E-state index is -0.864. The lowest BCUT2D eigenvalue weighted by Crippen LogP contribution is -2.13. The van der Waals surface area contributed by atoms with E-state index in [2.05, 4.69) is 56.4 Å². The van der Waals surface area contributed by atoms with Crippen LogP contribution in [-0.2, 0) is 27.2 Å². The van der Waals surface area contributed by atoms with E-state index in [4.69, 9.17) is 14.7 Å². The summed E-state index contributed by atoms with van der Waals surface area (Å²) in [6.45, 7) is 16.6. The van der Waals surface area contributed by atoms with Gasteiger partial charge in [-0.2, -0.15) is 0 Å². The number of H-pyrrole nitrogens is 2. The summed E-state index contributed by atoms with van der Waals surface area (Å²) in [6.07, 6.45) is 5.10. The van der Waals surface area contributed by atoms with Gasteiger partial charge >= 0.3 is 11.9 Å². The molecule has 8 nitrogen and oxygen atoms in total. The number of fused-ring (bicyclic) bond motifs is 8. The van der Waals surface area contributed by atoms with E-state index in [1.54, 1.807) is 6.92 Å². The van der Waals surface area contributed by atoms with Crippen LogP contribution in [-0.4, -0.2) is 43.6 Å². The second-order valence-corrected chi connectivity index (χ2v) is 11.5. The quantitative estimate of drug-likeness (QED) is 0.237. The van der Waals surface area contributed by atoms with Gasteiger partial charge in [0.25, 0.3) is 0 Å². The van der Waals surface area contributed by atoms with Crippen LogP contribution in [0.3, 0.4) is 0 Å². The molecule has 43 heavy (non-hydrogen) atoms. The molecule has 0 unspecified atom stereocenters. The summed E-state index contributed by atoms with van der Waals surface area (Å²) in [4.78, 5) is 42.0. The number of nitrogens with zero attached hydrogens (tertiary/aromatic N) is 2. The highest BCUT2D eigenvalue weighted by molar-refractivity contribution is 5.87. The van der Waals surface area contributed by atoms with Gasteiger partial charge in [-0.15, -0.1) is 0 Å². The summed E-state index contributed by atoms with van der Waals surface area (Å²) >= 11 is 0. The van der Waals surface area contributed by atoms with Crippen molar-refractivity contribution >= 4 is 51.7 Å². The minimum absolute atomic E-state index is 0.000638. The van der Waals surface area contributed by atoms with Crippen molar-refractivity contribution in [3.8, 4) is 0 Å². The van der Waals surface area contributed by atoms with Gasteiger partial charge in [-0.25, -0.2) is 4.98 Å². The Kier molecular flexibility index (Phi) is 8.40. The molecule has 5 rings (SSSR count). The highest BCUT2D eigenvalue weighted by Crippen LogP contribution is 2.42. The third-order valence-corrected chi connectivity index (χ3v) is 8.82. The number of aryl methyl sites for hydroxylation is 3. The summed E-state index contributed by atoms with van der Waals surface area (Å²) in [5, 5.41) is 9.58. The molecular weight excluding hydrogens is 540 g/mol. The fourth-order valence-electron chi connectivity index (χ4n) is 6.39. The van der Waals surface area contributed by atoms with Crippen LogP contribution in [0.15, 0.2) is 24.8 Å². The van der Waals surface area contributed by atoms with Gasteiger partial charge in [0.15, 0.2) is 0 Å². The molecule has 2 aliphatic rings. The minimum Gasteiger partial charge on any atom is -0.481 e. The molecular formula is C35H40N4O4. The molecule has 2 atom stereocenters. The van der Waals surface area contributed by atoms with Crippen molar-refractivity contribution in [1.82, 2.24) is 19.9 Å². The van der Waals surface area contributed by atoms with Gasteiger partial charge in [0.1, 0.15) is 0 Å². The number of aliphatic carboxylic acids is 1. The number of aromatic nitrogens is 4. The average molecular weight is 581 g/mol. The molecule has 224 valence electrons. The number of esters is 1. The van der Waals surface area contributed by atoms with Crippen molar-refractivity contribution in [2.24, 2.45) is 0 Å². The van der Waals surface area contributed by atoms with Crippen molar-refractivity contribution < 1.29 is 19.4 Å². The number of carboxylic acids is 1. The third-order valence-electron chi connectivity index (χ3n) is 8.82. The van der Waals surface area contributed by atoms with Crippen LogP contribution in [0.25, 0.3) is 39.8 Å². The number of ether oxygens (including phenoxy) is 1. The molecule has 8 bridgehead atoms. The molecule has 8 heteroatoms. The predicted molar refractivity (Wildman–Crippen MR) is 172 cm³/mol. The number of carboxylic acid groups (broad SMARTS) is 1. The maximum absolute atomic E-state index is 12.9. The Morgan fingerprint density at radius 3 is 2.40 bits per heavy atom. The number of carbonyl (C=O) groups excluding carboxylic acids is 1. The van der Waals surface area contributed by atoms with Crippen molar-refractivity contribution in [1.29, 1.82) is 0 Å².